The van der Waals surface area contributed by atoms with Crippen molar-refractivity contribution < 1.29 is 23.9 Å². The fourth-order valence-corrected chi connectivity index (χ4v) is 3.90. The Labute approximate surface area is 184 Å². The SMILES string of the molecule is COC(=O)CC(=O)CC(O)(CCc1ccccc1C(C)(C)O[Si]C(C)(C)C)C(C)C. The van der Waals surface area contributed by atoms with Gasteiger partial charge < -0.3 is 14.3 Å². The van der Waals surface area contributed by atoms with Crippen molar-refractivity contribution in [3.05, 3.63) is 35.4 Å². The lowest BCUT2D eigenvalue weighted by Gasteiger charge is -2.34. The van der Waals surface area contributed by atoms with Crippen LogP contribution in [0.15, 0.2) is 24.3 Å². The third-order valence-electron chi connectivity index (χ3n) is 5.25. The van der Waals surface area contributed by atoms with E-state index in [9.17, 15) is 14.7 Å². The van der Waals surface area contributed by atoms with Gasteiger partial charge in [0.2, 0.25) is 9.76 Å². The van der Waals surface area contributed by atoms with Crippen molar-refractivity contribution in [2.24, 2.45) is 5.92 Å². The van der Waals surface area contributed by atoms with E-state index in [1.165, 1.54) is 7.11 Å². The largest absolute Gasteiger partial charge is 0.469 e. The van der Waals surface area contributed by atoms with Crippen molar-refractivity contribution >= 4 is 21.5 Å². The van der Waals surface area contributed by atoms with Crippen molar-refractivity contribution in [2.75, 3.05) is 7.11 Å². The number of aryl methyl sites for hydroxylation is 1. The van der Waals surface area contributed by atoms with E-state index < -0.39 is 17.2 Å². The Morgan fingerprint density at radius 3 is 2.23 bits per heavy atom. The lowest BCUT2D eigenvalue weighted by molar-refractivity contribution is -0.144. The van der Waals surface area contributed by atoms with Crippen molar-refractivity contribution in [3.8, 4) is 0 Å². The monoisotopic (exact) mass is 434 g/mol. The molecule has 168 valence electrons. The second-order valence-electron chi connectivity index (χ2n) is 9.85. The second kappa shape index (κ2) is 10.7. The maximum absolute atomic E-state index is 12.3. The normalized spacial score (nSPS) is 14.5. The molecule has 1 aromatic rings. The zero-order valence-corrected chi connectivity index (χ0v) is 20.8. The minimum atomic E-state index is -1.18. The molecule has 1 atom stereocenters. The van der Waals surface area contributed by atoms with Gasteiger partial charge in [-0.05, 0) is 48.8 Å². The first-order chi connectivity index (χ1) is 13.7. The van der Waals surface area contributed by atoms with Gasteiger partial charge in [0.25, 0.3) is 0 Å². The minimum Gasteiger partial charge on any atom is -0.469 e. The molecule has 0 aliphatic rings. The number of carbonyl (C=O) groups excluding carboxylic acids is 2. The number of rotatable bonds is 11. The minimum absolute atomic E-state index is 0.0623. The van der Waals surface area contributed by atoms with Crippen LogP contribution in [0.2, 0.25) is 5.04 Å². The number of hydrogen-bond acceptors (Lipinski definition) is 5. The molecule has 0 aliphatic carbocycles. The molecule has 1 rings (SSSR count). The van der Waals surface area contributed by atoms with Gasteiger partial charge in [0, 0.05) is 6.42 Å². The van der Waals surface area contributed by atoms with Crippen LogP contribution in [0.3, 0.4) is 0 Å². The number of ether oxygens (including phenoxy) is 1. The summed E-state index contributed by atoms with van der Waals surface area (Å²) in [6, 6.07) is 8.10. The first-order valence-corrected chi connectivity index (χ1v) is 11.5. The number of hydrogen-bond donors (Lipinski definition) is 1. The van der Waals surface area contributed by atoms with Gasteiger partial charge >= 0.3 is 5.97 Å². The van der Waals surface area contributed by atoms with E-state index in [1.54, 1.807) is 0 Å². The van der Waals surface area contributed by atoms with Crippen molar-refractivity contribution in [3.63, 3.8) is 0 Å². The van der Waals surface area contributed by atoms with Gasteiger partial charge in [0.1, 0.15) is 12.2 Å². The van der Waals surface area contributed by atoms with Gasteiger partial charge in [0.05, 0.1) is 18.3 Å². The maximum Gasteiger partial charge on any atom is 0.313 e. The lowest BCUT2D eigenvalue weighted by atomic mass is 9.79. The quantitative estimate of drug-likeness (QED) is 0.313. The summed E-state index contributed by atoms with van der Waals surface area (Å²) in [5, 5.41) is 11.3. The number of carbonyl (C=O) groups is 2. The fraction of sp³-hybridized carbons (Fsp3) is 0.667. The Morgan fingerprint density at radius 2 is 1.70 bits per heavy atom. The molecule has 1 aromatic carbocycles. The van der Waals surface area contributed by atoms with E-state index in [2.05, 4.69) is 51.5 Å². The van der Waals surface area contributed by atoms with Crippen LogP contribution >= 0.6 is 0 Å². The van der Waals surface area contributed by atoms with E-state index in [0.29, 0.717) is 22.6 Å². The lowest BCUT2D eigenvalue weighted by Crippen LogP contribution is -2.39. The van der Waals surface area contributed by atoms with Gasteiger partial charge in [-0.15, -0.1) is 0 Å². The Hall–Kier alpha value is -1.50. The van der Waals surface area contributed by atoms with Crippen LogP contribution in [0.25, 0.3) is 0 Å². The highest BCUT2D eigenvalue weighted by atomic mass is 28.2. The fourth-order valence-electron chi connectivity index (χ4n) is 3.23. The maximum atomic E-state index is 12.3. The molecule has 6 heteroatoms. The van der Waals surface area contributed by atoms with Crippen LogP contribution < -0.4 is 0 Å². The molecule has 0 fully saturated rings. The molecule has 0 aliphatic heterocycles. The Morgan fingerprint density at radius 1 is 1.10 bits per heavy atom. The molecule has 0 saturated heterocycles. The van der Waals surface area contributed by atoms with Crippen LogP contribution in [0.5, 0.6) is 0 Å². The van der Waals surface area contributed by atoms with E-state index >= 15 is 0 Å². The molecule has 0 amide bonds. The van der Waals surface area contributed by atoms with Crippen LogP contribution in [0.4, 0.5) is 0 Å². The predicted molar refractivity (Wildman–Crippen MR) is 120 cm³/mol. The Kier molecular flexibility index (Phi) is 9.45. The summed E-state index contributed by atoms with van der Waals surface area (Å²) < 4.78 is 10.9. The summed E-state index contributed by atoms with van der Waals surface area (Å²) >= 11 is 0. The molecule has 0 aromatic heterocycles. The number of methoxy groups -OCH3 is 1. The zero-order chi connectivity index (χ0) is 23.2. The molecule has 0 bridgehead atoms. The van der Waals surface area contributed by atoms with Gasteiger partial charge in [0.15, 0.2) is 0 Å². The number of Topliss-reactive ketones (excluding diaryl/α,β-unsaturated/α-hetero) is 1. The average Bonchev–Trinajstić information content (AvgIpc) is 2.64. The van der Waals surface area contributed by atoms with Crippen LogP contribution in [-0.2, 0) is 30.8 Å². The first kappa shape index (κ1) is 26.5. The van der Waals surface area contributed by atoms with Gasteiger partial charge in [-0.3, -0.25) is 9.59 Å². The van der Waals surface area contributed by atoms with Gasteiger partial charge in [-0.25, -0.2) is 0 Å². The van der Waals surface area contributed by atoms with E-state index in [0.717, 1.165) is 11.1 Å². The van der Waals surface area contributed by atoms with Gasteiger partial charge in [-0.2, -0.15) is 0 Å². The summed E-state index contributed by atoms with van der Waals surface area (Å²) in [6.45, 7) is 14.4. The highest BCUT2D eigenvalue weighted by Crippen LogP contribution is 2.34. The number of ketones is 1. The molecule has 30 heavy (non-hydrogen) atoms. The van der Waals surface area contributed by atoms with Crippen molar-refractivity contribution in [1.29, 1.82) is 0 Å². The predicted octanol–water partition coefficient (Wildman–Crippen LogP) is 4.62. The molecule has 0 heterocycles. The standard InChI is InChI=1S/C24H38O5Si/c1-17(2)24(27,16-19(25)15-21(26)28-8)14-13-18-11-9-10-12-20(18)23(6,7)29-30-22(3,4)5/h9-12,17,27H,13-16H2,1-8H3. The third-order valence-corrected chi connectivity index (χ3v) is 6.48. The molecular formula is C24H38O5Si. The van der Waals surface area contributed by atoms with E-state index in [-0.39, 0.29) is 29.6 Å². The molecular weight excluding hydrogens is 396 g/mol. The molecule has 2 radical (unpaired) electrons. The second-order valence-corrected chi connectivity index (χ2v) is 11.8. The molecule has 0 spiro atoms. The molecule has 0 saturated carbocycles. The smallest absolute Gasteiger partial charge is 0.313 e. The van der Waals surface area contributed by atoms with Crippen molar-refractivity contribution in [2.45, 2.75) is 90.4 Å². The average molecular weight is 435 g/mol. The van der Waals surface area contributed by atoms with Crippen LogP contribution in [-0.4, -0.2) is 39.3 Å². The number of benzene rings is 1. The summed E-state index contributed by atoms with van der Waals surface area (Å²) in [5.41, 5.74) is 0.546. The Balaban J connectivity index is 2.98. The molecule has 1 unspecified atom stereocenters. The van der Waals surface area contributed by atoms with Crippen LogP contribution in [0.1, 0.15) is 78.9 Å². The summed E-state index contributed by atoms with van der Waals surface area (Å²) in [6.07, 6.45) is 0.665. The topological polar surface area (TPSA) is 72.8 Å². The summed E-state index contributed by atoms with van der Waals surface area (Å²) in [7, 11) is 1.61. The first-order valence-electron chi connectivity index (χ1n) is 10.5. The highest BCUT2D eigenvalue weighted by Gasteiger charge is 2.35. The van der Waals surface area contributed by atoms with E-state index in [4.69, 9.17) is 4.43 Å². The molecule has 1 N–H and O–H groups in total. The van der Waals surface area contributed by atoms with Gasteiger partial charge in [-0.1, -0.05) is 58.9 Å². The zero-order valence-electron chi connectivity index (χ0n) is 19.8. The number of esters is 1. The number of aliphatic hydroxyl groups is 1. The Bertz CT molecular complexity index is 721. The van der Waals surface area contributed by atoms with Crippen LogP contribution in [0, 0.1) is 5.92 Å². The van der Waals surface area contributed by atoms with E-state index in [1.807, 2.05) is 26.0 Å². The summed E-state index contributed by atoms with van der Waals surface area (Å²) in [4.78, 5) is 23.7. The van der Waals surface area contributed by atoms with Crippen molar-refractivity contribution in [1.82, 2.24) is 0 Å². The summed E-state index contributed by atoms with van der Waals surface area (Å²) in [5.74, 6) is -1.01. The highest BCUT2D eigenvalue weighted by molar-refractivity contribution is 6.31. The molecule has 5 nitrogen and oxygen atoms in total. The third kappa shape index (κ3) is 8.32.